The molecule has 2 amide bonds. The summed E-state index contributed by atoms with van der Waals surface area (Å²) in [5, 5.41) is 21.5. The number of imidazole rings is 1. The highest BCUT2D eigenvalue weighted by Crippen LogP contribution is 2.21. The number of aliphatic hydroxyl groups excluding tert-OH is 1. The minimum atomic E-state index is -0.788. The first-order valence-electron chi connectivity index (χ1n) is 8.36. The molecule has 0 saturated heterocycles. The number of aromatic nitrogens is 4. The Hall–Kier alpha value is -4.10. The topological polar surface area (TPSA) is 122 Å². The minimum Gasteiger partial charge on any atom is -0.395 e. The molecule has 0 bridgehead atoms. The van der Waals surface area contributed by atoms with Crippen molar-refractivity contribution in [3.8, 4) is 18.2 Å². The van der Waals surface area contributed by atoms with Gasteiger partial charge in [0.05, 0.1) is 23.4 Å². The van der Waals surface area contributed by atoms with E-state index in [1.165, 1.54) is 18.5 Å². The standard InChI is InChI=1S/C19H15FN6O3/c1-2-12-9-16(13(10-14(12)20)18(28)22-6-8-27)23-19(29)15-3-4-17(25-24-15)26-7-5-21-11-26/h1,3-5,7,9-11,27H,6,8H2,(H,22,28)(H,23,29). The van der Waals surface area contributed by atoms with Gasteiger partial charge in [0, 0.05) is 18.9 Å². The first-order valence-corrected chi connectivity index (χ1v) is 8.36. The van der Waals surface area contributed by atoms with Crippen molar-refractivity contribution in [3.63, 3.8) is 0 Å². The van der Waals surface area contributed by atoms with Gasteiger partial charge in [0.15, 0.2) is 11.5 Å². The lowest BCUT2D eigenvalue weighted by Crippen LogP contribution is -2.28. The zero-order chi connectivity index (χ0) is 20.8. The van der Waals surface area contributed by atoms with E-state index >= 15 is 0 Å². The molecule has 0 aliphatic rings. The zero-order valence-electron chi connectivity index (χ0n) is 15.0. The van der Waals surface area contributed by atoms with Crippen molar-refractivity contribution in [1.82, 2.24) is 25.1 Å². The maximum Gasteiger partial charge on any atom is 0.276 e. The smallest absolute Gasteiger partial charge is 0.276 e. The normalized spacial score (nSPS) is 10.2. The molecule has 146 valence electrons. The van der Waals surface area contributed by atoms with Crippen molar-refractivity contribution < 1.29 is 19.1 Å². The van der Waals surface area contributed by atoms with Crippen molar-refractivity contribution in [2.45, 2.75) is 0 Å². The lowest BCUT2D eigenvalue weighted by Gasteiger charge is -2.12. The molecule has 0 radical (unpaired) electrons. The SMILES string of the molecule is C#Cc1cc(NC(=O)c2ccc(-n3ccnc3)nn2)c(C(=O)NCCO)cc1F. The van der Waals surface area contributed by atoms with E-state index in [0.717, 1.165) is 6.07 Å². The summed E-state index contributed by atoms with van der Waals surface area (Å²) in [6.45, 7) is -0.330. The fraction of sp³-hybridized carbons (Fsp3) is 0.105. The molecule has 3 rings (SSSR count). The molecule has 0 unspecified atom stereocenters. The van der Waals surface area contributed by atoms with Crippen molar-refractivity contribution >= 4 is 17.5 Å². The fourth-order valence-corrected chi connectivity index (χ4v) is 2.40. The van der Waals surface area contributed by atoms with Crippen LogP contribution in [0.5, 0.6) is 0 Å². The Morgan fingerprint density at radius 3 is 2.69 bits per heavy atom. The predicted octanol–water partition coefficient (Wildman–Crippen LogP) is 0.757. The van der Waals surface area contributed by atoms with Gasteiger partial charge in [0.1, 0.15) is 12.1 Å². The number of carbonyl (C=O) groups excluding carboxylic acids is 2. The summed E-state index contributed by atoms with van der Waals surface area (Å²) in [6, 6.07) is 5.10. The van der Waals surface area contributed by atoms with Crippen molar-refractivity contribution in [2.24, 2.45) is 0 Å². The van der Waals surface area contributed by atoms with Crippen LogP contribution in [0, 0.1) is 18.2 Å². The summed E-state index contributed by atoms with van der Waals surface area (Å²) in [4.78, 5) is 28.7. The van der Waals surface area contributed by atoms with Crippen molar-refractivity contribution in [1.29, 1.82) is 0 Å². The number of amides is 2. The fourth-order valence-electron chi connectivity index (χ4n) is 2.40. The zero-order valence-corrected chi connectivity index (χ0v) is 15.0. The van der Waals surface area contributed by atoms with E-state index in [1.54, 1.807) is 23.0 Å². The Balaban J connectivity index is 1.87. The molecule has 0 spiro atoms. The second-order valence-corrected chi connectivity index (χ2v) is 5.70. The van der Waals surface area contributed by atoms with Gasteiger partial charge < -0.3 is 15.7 Å². The lowest BCUT2D eigenvalue weighted by molar-refractivity contribution is 0.0945. The number of terminal acetylenes is 1. The van der Waals surface area contributed by atoms with Gasteiger partial charge in [-0.1, -0.05) is 5.92 Å². The van der Waals surface area contributed by atoms with Crippen LogP contribution in [-0.4, -0.2) is 49.8 Å². The second kappa shape index (κ2) is 8.73. The monoisotopic (exact) mass is 394 g/mol. The molecular weight excluding hydrogens is 379 g/mol. The number of carbonyl (C=O) groups is 2. The van der Waals surface area contributed by atoms with Crippen LogP contribution in [0.3, 0.4) is 0 Å². The summed E-state index contributed by atoms with van der Waals surface area (Å²) >= 11 is 0. The minimum absolute atomic E-state index is 0.000255. The Bertz CT molecular complexity index is 1070. The Morgan fingerprint density at radius 1 is 1.24 bits per heavy atom. The molecular formula is C19H15FN6O3. The van der Waals surface area contributed by atoms with E-state index in [9.17, 15) is 14.0 Å². The van der Waals surface area contributed by atoms with Crippen molar-refractivity contribution in [2.75, 3.05) is 18.5 Å². The summed E-state index contributed by atoms with van der Waals surface area (Å²) in [7, 11) is 0. The molecule has 0 saturated carbocycles. The number of hydrogen-bond donors (Lipinski definition) is 3. The average molecular weight is 394 g/mol. The van der Waals surface area contributed by atoms with Crippen LogP contribution < -0.4 is 10.6 Å². The Labute approximate surface area is 164 Å². The molecule has 0 aliphatic heterocycles. The number of halogens is 1. The maximum absolute atomic E-state index is 14.0. The molecule has 1 aromatic carbocycles. The molecule has 10 heteroatoms. The summed E-state index contributed by atoms with van der Waals surface area (Å²) in [6.07, 6.45) is 10.0. The van der Waals surface area contributed by atoms with Crippen LogP contribution in [0.1, 0.15) is 26.4 Å². The lowest BCUT2D eigenvalue weighted by atomic mass is 10.1. The first-order chi connectivity index (χ1) is 14.0. The van der Waals surface area contributed by atoms with E-state index in [2.05, 4.69) is 31.7 Å². The van der Waals surface area contributed by atoms with E-state index < -0.39 is 17.6 Å². The summed E-state index contributed by atoms with van der Waals surface area (Å²) in [5.74, 6) is 0.468. The van der Waals surface area contributed by atoms with Crippen LogP contribution in [0.4, 0.5) is 10.1 Å². The van der Waals surface area contributed by atoms with Gasteiger partial charge in [-0.2, -0.15) is 0 Å². The molecule has 9 nitrogen and oxygen atoms in total. The van der Waals surface area contributed by atoms with Gasteiger partial charge in [0.25, 0.3) is 11.8 Å². The Morgan fingerprint density at radius 2 is 2.07 bits per heavy atom. The highest BCUT2D eigenvalue weighted by Gasteiger charge is 2.18. The van der Waals surface area contributed by atoms with Crippen LogP contribution >= 0.6 is 0 Å². The highest BCUT2D eigenvalue weighted by molar-refractivity contribution is 6.08. The molecule has 0 fully saturated rings. The van der Waals surface area contributed by atoms with E-state index in [4.69, 9.17) is 11.5 Å². The van der Waals surface area contributed by atoms with Crippen LogP contribution in [0.15, 0.2) is 43.0 Å². The third-order valence-electron chi connectivity index (χ3n) is 3.80. The molecule has 3 N–H and O–H groups in total. The number of hydrogen-bond acceptors (Lipinski definition) is 6. The Kier molecular flexibility index (Phi) is 5.91. The molecule has 3 aromatic rings. The van der Waals surface area contributed by atoms with Gasteiger partial charge in [-0.05, 0) is 24.3 Å². The summed E-state index contributed by atoms with van der Waals surface area (Å²) in [5.41, 5.74) is -0.297. The van der Waals surface area contributed by atoms with Crippen LogP contribution in [0.2, 0.25) is 0 Å². The average Bonchev–Trinajstić information content (AvgIpc) is 3.28. The van der Waals surface area contributed by atoms with Crippen LogP contribution in [-0.2, 0) is 0 Å². The third kappa shape index (κ3) is 4.42. The number of aliphatic hydroxyl groups is 1. The molecule has 0 atom stereocenters. The highest BCUT2D eigenvalue weighted by atomic mass is 19.1. The molecule has 2 heterocycles. The number of rotatable bonds is 6. The molecule has 29 heavy (non-hydrogen) atoms. The van der Waals surface area contributed by atoms with E-state index in [0.29, 0.717) is 5.82 Å². The first kappa shape index (κ1) is 19.7. The van der Waals surface area contributed by atoms with Gasteiger partial charge >= 0.3 is 0 Å². The van der Waals surface area contributed by atoms with E-state index in [-0.39, 0.29) is 35.7 Å². The quantitative estimate of drug-likeness (QED) is 0.531. The number of nitrogens with one attached hydrogen (secondary N) is 2. The van der Waals surface area contributed by atoms with Crippen molar-refractivity contribution in [3.05, 3.63) is 65.6 Å². The number of benzene rings is 1. The predicted molar refractivity (Wildman–Crippen MR) is 101 cm³/mol. The summed E-state index contributed by atoms with van der Waals surface area (Å²) < 4.78 is 15.6. The van der Waals surface area contributed by atoms with E-state index in [1.807, 2.05) is 0 Å². The maximum atomic E-state index is 14.0. The van der Waals surface area contributed by atoms with Gasteiger partial charge in [-0.25, -0.2) is 9.37 Å². The largest absolute Gasteiger partial charge is 0.395 e. The number of anilines is 1. The molecule has 2 aromatic heterocycles. The van der Waals surface area contributed by atoms with Gasteiger partial charge in [0.2, 0.25) is 0 Å². The molecule has 0 aliphatic carbocycles. The van der Waals surface area contributed by atoms with Gasteiger partial charge in [-0.3, -0.25) is 14.2 Å². The second-order valence-electron chi connectivity index (χ2n) is 5.70. The third-order valence-corrected chi connectivity index (χ3v) is 3.80. The number of nitrogens with zero attached hydrogens (tertiary/aromatic N) is 4. The van der Waals surface area contributed by atoms with Crippen LogP contribution in [0.25, 0.3) is 5.82 Å². The van der Waals surface area contributed by atoms with Gasteiger partial charge in [-0.15, -0.1) is 16.6 Å².